The quantitative estimate of drug-likeness (QED) is 0.759. The van der Waals surface area contributed by atoms with Gasteiger partial charge in [0.25, 0.3) is 0 Å². The first kappa shape index (κ1) is 9.45. The van der Waals surface area contributed by atoms with Gasteiger partial charge < -0.3 is 5.32 Å². The zero-order chi connectivity index (χ0) is 9.84. The van der Waals surface area contributed by atoms with Crippen molar-refractivity contribution in [2.45, 2.75) is 6.92 Å². The molecule has 0 fully saturated rings. The summed E-state index contributed by atoms with van der Waals surface area (Å²) < 4.78 is 0. The summed E-state index contributed by atoms with van der Waals surface area (Å²) in [6, 6.07) is 0. The molecule has 1 aromatic heterocycles. The monoisotopic (exact) mass is 175 g/mol. The van der Waals surface area contributed by atoms with Crippen LogP contribution >= 0.6 is 0 Å². The van der Waals surface area contributed by atoms with Crippen molar-refractivity contribution in [1.29, 1.82) is 0 Å². The van der Waals surface area contributed by atoms with E-state index in [4.69, 9.17) is 0 Å². The van der Waals surface area contributed by atoms with E-state index in [-0.39, 0.29) is 0 Å². The topological polar surface area (TPSA) is 37.8 Å². The molecule has 3 nitrogen and oxygen atoms in total. The van der Waals surface area contributed by atoms with Crippen molar-refractivity contribution in [3.63, 3.8) is 0 Å². The number of allylic oxidation sites excluding steroid dienone is 1. The summed E-state index contributed by atoms with van der Waals surface area (Å²) in [6.07, 6.45) is 3.38. The highest BCUT2D eigenvalue weighted by Crippen LogP contribution is 2.08. The van der Waals surface area contributed by atoms with Crippen molar-refractivity contribution in [3.05, 3.63) is 36.9 Å². The second kappa shape index (κ2) is 3.85. The van der Waals surface area contributed by atoms with E-state index in [1.54, 1.807) is 19.4 Å². The lowest BCUT2D eigenvalue weighted by Gasteiger charge is -2.03. The van der Waals surface area contributed by atoms with E-state index in [2.05, 4.69) is 28.4 Å². The van der Waals surface area contributed by atoms with Gasteiger partial charge in [-0.1, -0.05) is 13.2 Å². The van der Waals surface area contributed by atoms with Crippen LogP contribution in [0.4, 0.5) is 0 Å². The molecule has 0 atom stereocenters. The van der Waals surface area contributed by atoms with Crippen LogP contribution < -0.4 is 5.32 Å². The average Bonchev–Trinajstić information content (AvgIpc) is 2.17. The van der Waals surface area contributed by atoms with Gasteiger partial charge in [-0.05, 0) is 12.5 Å². The van der Waals surface area contributed by atoms with Crippen LogP contribution in [0.25, 0.3) is 11.3 Å². The molecule has 0 radical (unpaired) electrons. The largest absolute Gasteiger partial charge is 0.387 e. The molecular weight excluding hydrogens is 162 g/mol. The molecule has 1 rings (SSSR count). The Kier molecular flexibility index (Phi) is 2.80. The van der Waals surface area contributed by atoms with Gasteiger partial charge in [-0.15, -0.1) is 0 Å². The van der Waals surface area contributed by atoms with Crippen molar-refractivity contribution < 1.29 is 0 Å². The zero-order valence-electron chi connectivity index (χ0n) is 7.96. The van der Waals surface area contributed by atoms with E-state index in [0.29, 0.717) is 0 Å². The Balaban J connectivity index is 2.93. The van der Waals surface area contributed by atoms with Crippen LogP contribution in [-0.2, 0) is 0 Å². The number of hydrogen-bond donors (Lipinski definition) is 1. The third-order valence-corrected chi connectivity index (χ3v) is 1.70. The first-order valence-electron chi connectivity index (χ1n) is 4.00. The lowest BCUT2D eigenvalue weighted by atomic mass is 10.2. The molecule has 0 aliphatic rings. The van der Waals surface area contributed by atoms with Crippen LogP contribution in [-0.4, -0.2) is 17.0 Å². The fourth-order valence-corrected chi connectivity index (χ4v) is 0.832. The van der Waals surface area contributed by atoms with Crippen molar-refractivity contribution in [1.82, 2.24) is 15.3 Å². The second-order valence-electron chi connectivity index (χ2n) is 2.80. The summed E-state index contributed by atoms with van der Waals surface area (Å²) in [7, 11) is 1.80. The van der Waals surface area contributed by atoms with Crippen molar-refractivity contribution in [2.75, 3.05) is 7.05 Å². The van der Waals surface area contributed by atoms with Gasteiger partial charge >= 0.3 is 0 Å². The molecule has 13 heavy (non-hydrogen) atoms. The van der Waals surface area contributed by atoms with Gasteiger partial charge in [0, 0.05) is 7.05 Å². The van der Waals surface area contributed by atoms with Crippen molar-refractivity contribution in [3.8, 4) is 0 Å². The van der Waals surface area contributed by atoms with E-state index in [9.17, 15) is 0 Å². The maximum atomic E-state index is 4.19. The van der Waals surface area contributed by atoms with Gasteiger partial charge in [-0.2, -0.15) is 0 Å². The van der Waals surface area contributed by atoms with Gasteiger partial charge in [-0.3, -0.25) is 9.97 Å². The Morgan fingerprint density at radius 1 is 1.23 bits per heavy atom. The molecule has 1 heterocycles. The Bertz CT molecular complexity index is 325. The predicted octanol–water partition coefficient (Wildman–Crippen LogP) is 1.70. The second-order valence-corrected chi connectivity index (χ2v) is 2.80. The SMILES string of the molecule is C=C(C)c1cnc(C(=C)NC)cn1. The molecule has 0 amide bonds. The molecule has 3 heteroatoms. The maximum absolute atomic E-state index is 4.19. The minimum absolute atomic E-state index is 0.757. The lowest BCUT2D eigenvalue weighted by Crippen LogP contribution is -2.05. The molecule has 0 bridgehead atoms. The molecule has 0 aromatic carbocycles. The summed E-state index contributed by atoms with van der Waals surface area (Å²) in [5.41, 5.74) is 3.25. The molecule has 0 aliphatic heterocycles. The van der Waals surface area contributed by atoms with Crippen LogP contribution in [0.5, 0.6) is 0 Å². The van der Waals surface area contributed by atoms with E-state index in [1.165, 1.54) is 0 Å². The smallest absolute Gasteiger partial charge is 0.104 e. The summed E-state index contributed by atoms with van der Waals surface area (Å²) in [4.78, 5) is 8.37. The first-order chi connectivity index (χ1) is 6.15. The Hall–Kier alpha value is -1.64. The van der Waals surface area contributed by atoms with Crippen LogP contribution in [0, 0.1) is 0 Å². The fourth-order valence-electron chi connectivity index (χ4n) is 0.832. The van der Waals surface area contributed by atoms with Crippen molar-refractivity contribution >= 4 is 11.3 Å². The van der Waals surface area contributed by atoms with Crippen LogP contribution in [0.1, 0.15) is 18.3 Å². The van der Waals surface area contributed by atoms with Gasteiger partial charge in [0.2, 0.25) is 0 Å². The maximum Gasteiger partial charge on any atom is 0.104 e. The molecule has 0 saturated heterocycles. The highest BCUT2D eigenvalue weighted by molar-refractivity contribution is 5.60. The number of aromatic nitrogens is 2. The molecule has 1 N–H and O–H groups in total. The van der Waals surface area contributed by atoms with Gasteiger partial charge in [-0.25, -0.2) is 0 Å². The Morgan fingerprint density at radius 3 is 2.15 bits per heavy atom. The van der Waals surface area contributed by atoms with Crippen molar-refractivity contribution in [2.24, 2.45) is 0 Å². The van der Waals surface area contributed by atoms with E-state index >= 15 is 0 Å². The first-order valence-corrected chi connectivity index (χ1v) is 4.00. The summed E-state index contributed by atoms with van der Waals surface area (Å²) in [5, 5.41) is 2.91. The third kappa shape index (κ3) is 2.15. The minimum Gasteiger partial charge on any atom is -0.387 e. The Labute approximate surface area is 78.2 Å². The van der Waals surface area contributed by atoms with Crippen LogP contribution in [0.15, 0.2) is 25.6 Å². The number of hydrogen-bond acceptors (Lipinski definition) is 3. The van der Waals surface area contributed by atoms with E-state index in [0.717, 1.165) is 22.7 Å². The van der Waals surface area contributed by atoms with E-state index in [1.807, 2.05) is 6.92 Å². The molecule has 0 unspecified atom stereocenters. The summed E-state index contributed by atoms with van der Waals surface area (Å²) >= 11 is 0. The Morgan fingerprint density at radius 2 is 1.77 bits per heavy atom. The summed E-state index contributed by atoms with van der Waals surface area (Å²) in [6.45, 7) is 9.46. The van der Waals surface area contributed by atoms with E-state index < -0.39 is 0 Å². The molecule has 0 saturated carbocycles. The lowest BCUT2D eigenvalue weighted by molar-refractivity contribution is 1.06. The molecule has 0 spiro atoms. The number of rotatable bonds is 3. The van der Waals surface area contributed by atoms with Crippen LogP contribution in [0.2, 0.25) is 0 Å². The highest BCUT2D eigenvalue weighted by Gasteiger charge is 1.99. The minimum atomic E-state index is 0.757. The standard InChI is InChI=1S/C10H13N3/c1-7(2)9-5-13-10(6-12-9)8(3)11-4/h5-6,11H,1,3H2,2,4H3. The normalized spacial score (nSPS) is 9.38. The predicted molar refractivity (Wildman–Crippen MR) is 54.8 cm³/mol. The molecular formula is C10H13N3. The number of nitrogens with one attached hydrogen (secondary N) is 1. The molecule has 0 aliphatic carbocycles. The third-order valence-electron chi connectivity index (χ3n) is 1.70. The van der Waals surface area contributed by atoms with Gasteiger partial charge in [0.1, 0.15) is 5.69 Å². The van der Waals surface area contributed by atoms with Gasteiger partial charge in [0.05, 0.1) is 23.8 Å². The number of nitrogens with zero attached hydrogens (tertiary/aromatic N) is 2. The fraction of sp³-hybridized carbons (Fsp3) is 0.200. The highest BCUT2D eigenvalue weighted by atomic mass is 14.9. The summed E-state index contributed by atoms with van der Waals surface area (Å²) in [5.74, 6) is 0. The van der Waals surface area contributed by atoms with Gasteiger partial charge in [0.15, 0.2) is 0 Å². The average molecular weight is 175 g/mol. The zero-order valence-corrected chi connectivity index (χ0v) is 7.96. The van der Waals surface area contributed by atoms with Crippen LogP contribution in [0.3, 0.4) is 0 Å². The molecule has 68 valence electrons. The molecule has 1 aromatic rings.